The molecular formula is C25H20BrN3O5S. The first-order valence-electron chi connectivity index (χ1n) is 10.6. The van der Waals surface area contributed by atoms with Crippen molar-refractivity contribution >= 4 is 56.2 Å². The van der Waals surface area contributed by atoms with Gasteiger partial charge in [0, 0.05) is 12.1 Å². The number of nitro benzene ring substituents is 1. The largest absolute Gasteiger partial charge is 0.494 e. The quantitative estimate of drug-likeness (QED) is 0.201. The number of benzene rings is 3. The lowest BCUT2D eigenvalue weighted by Gasteiger charge is -2.09. The van der Waals surface area contributed by atoms with E-state index in [-0.39, 0.29) is 18.2 Å². The second-order valence-corrected chi connectivity index (χ2v) is 9.20. The molecule has 3 aromatic carbocycles. The van der Waals surface area contributed by atoms with E-state index in [9.17, 15) is 14.9 Å². The third-order valence-corrected chi connectivity index (χ3v) is 6.33. The van der Waals surface area contributed by atoms with Crippen LogP contribution in [0, 0.1) is 10.1 Å². The first-order chi connectivity index (χ1) is 16.9. The van der Waals surface area contributed by atoms with Crippen molar-refractivity contribution in [3.05, 3.63) is 97.3 Å². The average molecular weight is 554 g/mol. The molecule has 1 amide bonds. The Morgan fingerprint density at radius 2 is 1.91 bits per heavy atom. The number of rotatable bonds is 8. The lowest BCUT2D eigenvalue weighted by atomic mass is 10.2. The number of carbonyl (C=O) groups is 1. The number of hydrogen-bond donors (Lipinski definition) is 1. The van der Waals surface area contributed by atoms with Gasteiger partial charge in [-0.1, -0.05) is 18.2 Å². The van der Waals surface area contributed by atoms with Gasteiger partial charge in [0.05, 0.1) is 26.6 Å². The summed E-state index contributed by atoms with van der Waals surface area (Å²) in [7, 11) is 0. The van der Waals surface area contributed by atoms with Gasteiger partial charge in [-0.25, -0.2) is 4.99 Å². The molecule has 10 heteroatoms. The zero-order valence-corrected chi connectivity index (χ0v) is 21.0. The summed E-state index contributed by atoms with van der Waals surface area (Å²) < 4.78 is 11.9. The molecule has 3 aromatic rings. The van der Waals surface area contributed by atoms with Gasteiger partial charge < -0.3 is 14.8 Å². The molecule has 178 valence electrons. The summed E-state index contributed by atoms with van der Waals surface area (Å²) in [6.45, 7) is 2.70. The van der Waals surface area contributed by atoms with Crippen molar-refractivity contribution < 1.29 is 19.2 Å². The van der Waals surface area contributed by atoms with E-state index in [1.165, 1.54) is 23.9 Å². The maximum absolute atomic E-state index is 12.4. The molecule has 0 saturated carbocycles. The van der Waals surface area contributed by atoms with Crippen LogP contribution in [0.4, 0.5) is 11.4 Å². The van der Waals surface area contributed by atoms with E-state index in [1.807, 2.05) is 43.3 Å². The van der Waals surface area contributed by atoms with Crippen LogP contribution in [0.2, 0.25) is 0 Å². The highest BCUT2D eigenvalue weighted by Crippen LogP contribution is 2.32. The van der Waals surface area contributed by atoms with Crippen molar-refractivity contribution in [1.82, 2.24) is 5.32 Å². The Kier molecular flexibility index (Phi) is 7.84. The fraction of sp³-hybridized carbons (Fsp3) is 0.120. The molecule has 35 heavy (non-hydrogen) atoms. The molecule has 1 saturated heterocycles. The van der Waals surface area contributed by atoms with Gasteiger partial charge >= 0.3 is 0 Å². The first-order valence-corrected chi connectivity index (χ1v) is 12.2. The number of halogens is 1. The van der Waals surface area contributed by atoms with Gasteiger partial charge in [0.25, 0.3) is 11.6 Å². The van der Waals surface area contributed by atoms with Crippen LogP contribution in [0.15, 0.2) is 81.1 Å². The van der Waals surface area contributed by atoms with E-state index >= 15 is 0 Å². The molecule has 1 aliphatic rings. The molecule has 8 nitrogen and oxygen atoms in total. The Morgan fingerprint density at radius 3 is 2.63 bits per heavy atom. The molecule has 1 N–H and O–H groups in total. The molecule has 0 atom stereocenters. The summed E-state index contributed by atoms with van der Waals surface area (Å²) in [6.07, 6.45) is 1.77. The van der Waals surface area contributed by atoms with Gasteiger partial charge in [-0.15, -0.1) is 0 Å². The Labute approximate surface area is 214 Å². The number of amides is 1. The number of nitrogens with one attached hydrogen (secondary N) is 1. The van der Waals surface area contributed by atoms with Crippen LogP contribution in [0.5, 0.6) is 11.5 Å². The van der Waals surface area contributed by atoms with Gasteiger partial charge in [0.2, 0.25) is 0 Å². The van der Waals surface area contributed by atoms with E-state index in [0.29, 0.717) is 38.2 Å². The van der Waals surface area contributed by atoms with Gasteiger partial charge in [0.15, 0.2) is 5.17 Å². The van der Waals surface area contributed by atoms with Crippen LogP contribution in [0.3, 0.4) is 0 Å². The summed E-state index contributed by atoms with van der Waals surface area (Å²) in [6, 6.07) is 19.1. The van der Waals surface area contributed by atoms with Gasteiger partial charge in [-0.2, -0.15) is 0 Å². The Balaban J connectivity index is 1.42. The molecule has 1 aliphatic heterocycles. The molecule has 0 spiro atoms. The number of ether oxygens (including phenoxy) is 2. The van der Waals surface area contributed by atoms with Crippen LogP contribution in [0.1, 0.15) is 18.1 Å². The minimum atomic E-state index is -0.437. The van der Waals surface area contributed by atoms with Gasteiger partial charge in [0.1, 0.15) is 18.1 Å². The van der Waals surface area contributed by atoms with Crippen LogP contribution >= 0.6 is 27.7 Å². The maximum atomic E-state index is 12.4. The van der Waals surface area contributed by atoms with Crippen LogP contribution in [0.25, 0.3) is 6.08 Å². The number of thioether (sulfide) groups is 1. The predicted octanol–water partition coefficient (Wildman–Crippen LogP) is 6.23. The topological polar surface area (TPSA) is 103 Å². The Bertz CT molecular complexity index is 1320. The van der Waals surface area contributed by atoms with Crippen molar-refractivity contribution in [2.45, 2.75) is 13.5 Å². The number of nitrogens with zero attached hydrogens (tertiary/aromatic N) is 2. The SMILES string of the molecule is CCOc1ccc(N=C2NC(=O)/C(=C\c3ccc(OCc4cccc([N+](=O)[O-])c4)c(Br)c3)S2)cc1. The molecule has 0 unspecified atom stereocenters. The lowest BCUT2D eigenvalue weighted by molar-refractivity contribution is -0.384. The molecule has 0 aromatic heterocycles. The fourth-order valence-electron chi connectivity index (χ4n) is 3.18. The van der Waals surface area contributed by atoms with Gasteiger partial charge in [-0.3, -0.25) is 14.9 Å². The van der Waals surface area contributed by atoms with E-state index in [0.717, 1.165) is 11.3 Å². The van der Waals surface area contributed by atoms with Crippen LogP contribution < -0.4 is 14.8 Å². The highest BCUT2D eigenvalue weighted by Gasteiger charge is 2.24. The van der Waals surface area contributed by atoms with Crippen molar-refractivity contribution in [3.63, 3.8) is 0 Å². The predicted molar refractivity (Wildman–Crippen MR) is 140 cm³/mol. The van der Waals surface area contributed by atoms with Crippen molar-refractivity contribution in [1.29, 1.82) is 0 Å². The van der Waals surface area contributed by atoms with Crippen LogP contribution in [-0.2, 0) is 11.4 Å². The van der Waals surface area contributed by atoms with Crippen LogP contribution in [-0.4, -0.2) is 22.6 Å². The summed E-state index contributed by atoms with van der Waals surface area (Å²) >= 11 is 4.75. The highest BCUT2D eigenvalue weighted by molar-refractivity contribution is 9.10. The lowest BCUT2D eigenvalue weighted by Crippen LogP contribution is -2.19. The van der Waals surface area contributed by atoms with E-state index in [1.54, 1.807) is 24.3 Å². The van der Waals surface area contributed by atoms with Crippen molar-refractivity contribution in [2.75, 3.05) is 6.61 Å². The molecule has 4 rings (SSSR count). The number of carbonyl (C=O) groups excluding carboxylic acids is 1. The normalized spacial score (nSPS) is 15.3. The zero-order chi connectivity index (χ0) is 24.8. The van der Waals surface area contributed by atoms with Crippen molar-refractivity contribution in [2.24, 2.45) is 4.99 Å². The number of amidine groups is 1. The summed E-state index contributed by atoms with van der Waals surface area (Å²) in [5.41, 5.74) is 2.23. The third-order valence-electron chi connectivity index (χ3n) is 4.80. The second kappa shape index (κ2) is 11.2. The number of non-ortho nitro benzene ring substituents is 1. The molecule has 1 fully saturated rings. The summed E-state index contributed by atoms with van der Waals surface area (Å²) in [5.74, 6) is 1.13. The average Bonchev–Trinajstić information content (AvgIpc) is 3.18. The minimum absolute atomic E-state index is 0.0184. The fourth-order valence-corrected chi connectivity index (χ4v) is 4.53. The van der Waals surface area contributed by atoms with Gasteiger partial charge in [-0.05, 0) is 88.2 Å². The standard InChI is InChI=1S/C25H20BrN3O5S/c1-2-33-20-9-7-18(8-10-20)27-25-28-24(30)23(35-25)14-16-6-11-22(21(26)13-16)34-15-17-4-3-5-19(12-17)29(31)32/h3-14H,2,15H2,1H3,(H,27,28,30)/b23-14+. The Morgan fingerprint density at radius 1 is 1.11 bits per heavy atom. The molecule has 0 radical (unpaired) electrons. The molecule has 0 aliphatic carbocycles. The number of aliphatic imine (C=N–C) groups is 1. The first kappa shape index (κ1) is 24.5. The second-order valence-electron chi connectivity index (χ2n) is 7.31. The Hall–Kier alpha value is -3.63. The molecule has 1 heterocycles. The number of nitro groups is 1. The maximum Gasteiger partial charge on any atom is 0.269 e. The van der Waals surface area contributed by atoms with E-state index in [2.05, 4.69) is 26.2 Å². The smallest absolute Gasteiger partial charge is 0.269 e. The molecule has 0 bridgehead atoms. The van der Waals surface area contributed by atoms with Crippen molar-refractivity contribution in [3.8, 4) is 11.5 Å². The third kappa shape index (κ3) is 6.49. The minimum Gasteiger partial charge on any atom is -0.494 e. The monoisotopic (exact) mass is 553 g/mol. The zero-order valence-electron chi connectivity index (χ0n) is 18.6. The summed E-state index contributed by atoms with van der Waals surface area (Å²) in [5, 5.41) is 14.2. The summed E-state index contributed by atoms with van der Waals surface area (Å²) in [4.78, 5) is 27.9. The van der Waals surface area contributed by atoms with E-state index < -0.39 is 4.92 Å². The highest BCUT2D eigenvalue weighted by atomic mass is 79.9. The molecular weight excluding hydrogens is 534 g/mol. The number of hydrogen-bond acceptors (Lipinski definition) is 7. The van der Waals surface area contributed by atoms with E-state index in [4.69, 9.17) is 9.47 Å².